The van der Waals surface area contributed by atoms with Gasteiger partial charge >= 0.3 is 0 Å². The third-order valence-electron chi connectivity index (χ3n) is 4.75. The van der Waals surface area contributed by atoms with Gasteiger partial charge in [-0.25, -0.2) is 0 Å². The third kappa shape index (κ3) is 3.97. The predicted octanol–water partition coefficient (Wildman–Crippen LogP) is 3.93. The van der Waals surface area contributed by atoms with Gasteiger partial charge < -0.3 is 10.5 Å². The second kappa shape index (κ2) is 6.42. The molecule has 0 radical (unpaired) electrons. The summed E-state index contributed by atoms with van der Waals surface area (Å²) < 4.78 is 5.18. The van der Waals surface area contributed by atoms with E-state index in [1.807, 2.05) is 12.1 Å². The van der Waals surface area contributed by atoms with Crippen LogP contribution in [0, 0.1) is 5.92 Å². The van der Waals surface area contributed by atoms with Crippen LogP contribution in [0.25, 0.3) is 0 Å². The zero-order valence-electron chi connectivity index (χ0n) is 12.3. The van der Waals surface area contributed by atoms with Gasteiger partial charge in [0.2, 0.25) is 0 Å². The second-order valence-corrected chi connectivity index (χ2v) is 6.06. The van der Waals surface area contributed by atoms with Crippen molar-refractivity contribution in [3.8, 4) is 5.75 Å². The van der Waals surface area contributed by atoms with Gasteiger partial charge in [-0.1, -0.05) is 25.5 Å². The molecule has 0 aromatic heterocycles. The lowest BCUT2D eigenvalue weighted by Gasteiger charge is -2.37. The molecule has 0 bridgehead atoms. The molecule has 2 heteroatoms. The Hall–Kier alpha value is -1.02. The fourth-order valence-electron chi connectivity index (χ4n) is 3.10. The minimum Gasteiger partial charge on any atom is -0.497 e. The molecular weight excluding hydrogens is 234 g/mol. The molecule has 0 spiro atoms. The van der Waals surface area contributed by atoms with Gasteiger partial charge in [-0.15, -0.1) is 0 Å². The molecule has 2 nitrogen and oxygen atoms in total. The molecule has 0 amide bonds. The number of ether oxygens (including phenoxy) is 1. The highest BCUT2D eigenvalue weighted by Crippen LogP contribution is 2.34. The Labute approximate surface area is 117 Å². The lowest BCUT2D eigenvalue weighted by molar-refractivity contribution is 0.218. The van der Waals surface area contributed by atoms with Crippen LogP contribution >= 0.6 is 0 Å². The summed E-state index contributed by atoms with van der Waals surface area (Å²) in [6, 6.07) is 8.37. The molecule has 2 N–H and O–H groups in total. The monoisotopic (exact) mass is 261 g/mol. The highest BCUT2D eigenvalue weighted by atomic mass is 16.5. The van der Waals surface area contributed by atoms with E-state index < -0.39 is 0 Å². The average Bonchev–Trinajstić information content (AvgIpc) is 2.47. The van der Waals surface area contributed by atoms with E-state index in [1.54, 1.807) is 7.11 Å². The van der Waals surface area contributed by atoms with Gasteiger partial charge in [-0.3, -0.25) is 0 Å². The molecule has 1 fully saturated rings. The van der Waals surface area contributed by atoms with Crippen LogP contribution in [0.2, 0.25) is 0 Å². The second-order valence-electron chi connectivity index (χ2n) is 6.06. The molecule has 1 aromatic carbocycles. The van der Waals surface area contributed by atoms with Crippen molar-refractivity contribution < 1.29 is 4.74 Å². The lowest BCUT2D eigenvalue weighted by atomic mass is 9.74. The molecule has 0 unspecified atom stereocenters. The van der Waals surface area contributed by atoms with Crippen molar-refractivity contribution in [2.24, 2.45) is 11.7 Å². The maximum atomic E-state index is 6.56. The molecular formula is C17H27NO. The zero-order chi connectivity index (χ0) is 13.7. The molecule has 2 rings (SSSR count). The molecule has 0 heterocycles. The van der Waals surface area contributed by atoms with Gasteiger partial charge in [0.15, 0.2) is 0 Å². The summed E-state index contributed by atoms with van der Waals surface area (Å²) in [6.45, 7) is 2.30. The van der Waals surface area contributed by atoms with Gasteiger partial charge in [0.25, 0.3) is 0 Å². The van der Waals surface area contributed by atoms with Crippen molar-refractivity contribution in [3.63, 3.8) is 0 Å². The summed E-state index contributed by atoms with van der Waals surface area (Å²) in [4.78, 5) is 0. The minimum absolute atomic E-state index is 0.0750. The van der Waals surface area contributed by atoms with Gasteiger partial charge in [-0.2, -0.15) is 0 Å². The molecule has 1 saturated carbocycles. The van der Waals surface area contributed by atoms with Crippen molar-refractivity contribution in [1.82, 2.24) is 0 Å². The van der Waals surface area contributed by atoms with Crippen LogP contribution < -0.4 is 10.5 Å². The number of nitrogens with two attached hydrogens (primary N) is 1. The summed E-state index contributed by atoms with van der Waals surface area (Å²) >= 11 is 0. The lowest BCUT2D eigenvalue weighted by Crippen LogP contribution is -2.43. The first kappa shape index (κ1) is 14.4. The molecule has 1 aliphatic rings. The normalized spacial score (nSPS) is 27.2. The van der Waals surface area contributed by atoms with E-state index in [4.69, 9.17) is 10.5 Å². The largest absolute Gasteiger partial charge is 0.497 e. The molecule has 19 heavy (non-hydrogen) atoms. The van der Waals surface area contributed by atoms with E-state index in [2.05, 4.69) is 19.1 Å². The molecule has 0 aliphatic heterocycles. The quantitative estimate of drug-likeness (QED) is 0.871. The summed E-state index contributed by atoms with van der Waals surface area (Å²) in [6.07, 6.45) is 8.52. The highest BCUT2D eigenvalue weighted by molar-refractivity contribution is 5.27. The van der Waals surface area contributed by atoms with Gasteiger partial charge in [-0.05, 0) is 62.1 Å². The first-order valence-electron chi connectivity index (χ1n) is 7.57. The van der Waals surface area contributed by atoms with Gasteiger partial charge in [0.05, 0.1) is 7.11 Å². The SMILES string of the molecule is CCC1CCC(N)(CCc2ccc(OC)cc2)CC1. The number of hydrogen-bond acceptors (Lipinski definition) is 2. The van der Waals surface area contributed by atoms with Crippen LogP contribution in [-0.2, 0) is 6.42 Å². The number of hydrogen-bond donors (Lipinski definition) is 1. The Kier molecular flexibility index (Phi) is 4.87. The van der Waals surface area contributed by atoms with Crippen LogP contribution in [-0.4, -0.2) is 12.6 Å². The standard InChI is InChI=1S/C17H27NO/c1-3-14-8-11-17(18,12-9-14)13-10-15-4-6-16(19-2)7-5-15/h4-7,14H,3,8-13,18H2,1-2H3. The van der Waals surface area contributed by atoms with Crippen molar-refractivity contribution in [2.45, 2.75) is 57.4 Å². The van der Waals surface area contributed by atoms with Gasteiger partial charge in [0.1, 0.15) is 5.75 Å². The van der Waals surface area contributed by atoms with E-state index in [9.17, 15) is 0 Å². The molecule has 1 aromatic rings. The number of methoxy groups -OCH3 is 1. The smallest absolute Gasteiger partial charge is 0.118 e. The predicted molar refractivity (Wildman–Crippen MR) is 80.5 cm³/mol. The Balaban J connectivity index is 1.84. The first-order valence-corrected chi connectivity index (χ1v) is 7.57. The van der Waals surface area contributed by atoms with Crippen LogP contribution in [0.5, 0.6) is 5.75 Å². The Bertz CT molecular complexity index is 377. The van der Waals surface area contributed by atoms with E-state index >= 15 is 0 Å². The molecule has 0 atom stereocenters. The maximum Gasteiger partial charge on any atom is 0.118 e. The summed E-state index contributed by atoms with van der Waals surface area (Å²) in [5, 5.41) is 0. The first-order chi connectivity index (χ1) is 9.15. The van der Waals surface area contributed by atoms with E-state index in [0.29, 0.717) is 0 Å². The van der Waals surface area contributed by atoms with Crippen molar-refractivity contribution >= 4 is 0 Å². The topological polar surface area (TPSA) is 35.2 Å². The van der Waals surface area contributed by atoms with Crippen molar-refractivity contribution in [2.75, 3.05) is 7.11 Å². The summed E-state index contributed by atoms with van der Waals surface area (Å²) in [5.41, 5.74) is 7.99. The third-order valence-corrected chi connectivity index (χ3v) is 4.75. The minimum atomic E-state index is 0.0750. The van der Waals surface area contributed by atoms with Crippen LogP contribution in [0.1, 0.15) is 51.0 Å². The fraction of sp³-hybridized carbons (Fsp3) is 0.647. The maximum absolute atomic E-state index is 6.56. The molecule has 1 aliphatic carbocycles. The summed E-state index contributed by atoms with van der Waals surface area (Å²) in [5.74, 6) is 1.84. The van der Waals surface area contributed by atoms with Crippen molar-refractivity contribution in [3.05, 3.63) is 29.8 Å². The summed E-state index contributed by atoms with van der Waals surface area (Å²) in [7, 11) is 1.70. The number of aryl methyl sites for hydroxylation is 1. The zero-order valence-corrected chi connectivity index (χ0v) is 12.3. The average molecular weight is 261 g/mol. The van der Waals surface area contributed by atoms with Crippen molar-refractivity contribution in [1.29, 1.82) is 0 Å². The fourth-order valence-corrected chi connectivity index (χ4v) is 3.10. The number of benzene rings is 1. The van der Waals surface area contributed by atoms with E-state index in [0.717, 1.165) is 24.5 Å². The van der Waals surface area contributed by atoms with Crippen LogP contribution in [0.4, 0.5) is 0 Å². The van der Waals surface area contributed by atoms with Gasteiger partial charge in [0, 0.05) is 5.54 Å². The van der Waals surface area contributed by atoms with E-state index in [1.165, 1.54) is 37.7 Å². The molecule has 0 saturated heterocycles. The Morgan fingerprint density at radius 3 is 2.37 bits per heavy atom. The number of rotatable bonds is 5. The Morgan fingerprint density at radius 1 is 1.21 bits per heavy atom. The van der Waals surface area contributed by atoms with Crippen LogP contribution in [0.3, 0.4) is 0 Å². The molecule has 106 valence electrons. The highest BCUT2D eigenvalue weighted by Gasteiger charge is 2.30. The van der Waals surface area contributed by atoms with E-state index in [-0.39, 0.29) is 5.54 Å². The van der Waals surface area contributed by atoms with Crippen LogP contribution in [0.15, 0.2) is 24.3 Å². The Morgan fingerprint density at radius 2 is 1.84 bits per heavy atom.